The topological polar surface area (TPSA) is 38.1 Å². The molecule has 2 heterocycles. The Labute approximate surface area is 65.8 Å². The average molecular weight is 152 g/mol. The van der Waals surface area contributed by atoms with Crippen LogP contribution in [-0.4, -0.2) is 18.1 Å². The summed E-state index contributed by atoms with van der Waals surface area (Å²) in [6.45, 7) is 4.15. The summed E-state index contributed by atoms with van der Waals surface area (Å²) in [5, 5.41) is 3.21. The summed E-state index contributed by atoms with van der Waals surface area (Å²) in [7, 11) is 0. The molecule has 11 heavy (non-hydrogen) atoms. The van der Waals surface area contributed by atoms with Crippen molar-refractivity contribution in [1.29, 1.82) is 0 Å². The molecule has 0 aromatic carbocycles. The van der Waals surface area contributed by atoms with Gasteiger partial charge in [0, 0.05) is 25.4 Å². The number of rotatable bonds is 2. The first kappa shape index (κ1) is 6.85. The van der Waals surface area contributed by atoms with E-state index in [1.165, 1.54) is 0 Å². The molecule has 1 fully saturated rings. The second-order valence-electron chi connectivity index (χ2n) is 2.87. The Morgan fingerprint density at radius 1 is 1.73 bits per heavy atom. The molecule has 1 N–H and O–H groups in total. The number of aryl methyl sites for hydroxylation is 1. The van der Waals surface area contributed by atoms with Gasteiger partial charge in [0.2, 0.25) is 0 Å². The molecule has 60 valence electrons. The van der Waals surface area contributed by atoms with E-state index in [1.807, 2.05) is 0 Å². The molecule has 3 heteroatoms. The quantitative estimate of drug-likeness (QED) is 0.685. The van der Waals surface area contributed by atoms with E-state index in [9.17, 15) is 0 Å². The fraction of sp³-hybridized carbons (Fsp3) is 0.625. The van der Waals surface area contributed by atoms with Crippen molar-refractivity contribution in [2.75, 3.05) is 13.1 Å². The van der Waals surface area contributed by atoms with Gasteiger partial charge in [-0.25, -0.2) is 4.98 Å². The van der Waals surface area contributed by atoms with Crippen molar-refractivity contribution in [3.63, 3.8) is 0 Å². The van der Waals surface area contributed by atoms with Crippen LogP contribution in [-0.2, 0) is 6.42 Å². The van der Waals surface area contributed by atoms with Gasteiger partial charge in [0.1, 0.15) is 6.26 Å². The summed E-state index contributed by atoms with van der Waals surface area (Å²) >= 11 is 0. The van der Waals surface area contributed by atoms with Crippen LogP contribution in [0, 0.1) is 0 Å². The fourth-order valence-electron chi connectivity index (χ4n) is 1.17. The van der Waals surface area contributed by atoms with Gasteiger partial charge >= 0.3 is 0 Å². The third-order valence-electron chi connectivity index (χ3n) is 2.07. The van der Waals surface area contributed by atoms with E-state index in [2.05, 4.69) is 17.2 Å². The number of hydrogen-bond donors (Lipinski definition) is 1. The van der Waals surface area contributed by atoms with Gasteiger partial charge in [0.25, 0.3) is 0 Å². The van der Waals surface area contributed by atoms with E-state index < -0.39 is 0 Å². The first-order chi connectivity index (χ1) is 5.40. The minimum Gasteiger partial charge on any atom is -0.449 e. The maximum atomic E-state index is 5.23. The van der Waals surface area contributed by atoms with Gasteiger partial charge in [0.15, 0.2) is 5.89 Å². The molecule has 0 radical (unpaired) electrons. The Hall–Kier alpha value is -0.830. The minimum absolute atomic E-state index is 0.596. The first-order valence-corrected chi connectivity index (χ1v) is 4.05. The summed E-state index contributed by atoms with van der Waals surface area (Å²) in [6.07, 6.45) is 2.67. The molecule has 0 aliphatic carbocycles. The summed E-state index contributed by atoms with van der Waals surface area (Å²) in [4.78, 5) is 4.34. The molecular weight excluding hydrogens is 140 g/mol. The molecule has 1 aromatic heterocycles. The second-order valence-corrected chi connectivity index (χ2v) is 2.87. The molecule has 0 unspecified atom stereocenters. The Bertz CT molecular complexity index is 240. The molecule has 0 saturated carbocycles. The Balaban J connectivity index is 2.11. The first-order valence-electron chi connectivity index (χ1n) is 4.05. The van der Waals surface area contributed by atoms with Gasteiger partial charge in [-0.2, -0.15) is 0 Å². The lowest BCUT2D eigenvalue weighted by Gasteiger charge is -2.24. The van der Waals surface area contributed by atoms with Crippen LogP contribution in [0.3, 0.4) is 0 Å². The maximum Gasteiger partial charge on any atom is 0.193 e. The van der Waals surface area contributed by atoms with Crippen molar-refractivity contribution in [3.05, 3.63) is 17.8 Å². The number of oxazole rings is 1. The molecule has 1 saturated heterocycles. The lowest BCUT2D eigenvalue weighted by molar-refractivity contribution is 0.437. The van der Waals surface area contributed by atoms with Gasteiger partial charge in [-0.3, -0.25) is 0 Å². The third kappa shape index (κ3) is 1.16. The van der Waals surface area contributed by atoms with Gasteiger partial charge in [-0.15, -0.1) is 0 Å². The molecule has 1 aliphatic heterocycles. The highest BCUT2D eigenvalue weighted by Gasteiger charge is 2.21. The molecule has 0 amide bonds. The Kier molecular flexibility index (Phi) is 1.66. The fourth-order valence-corrected chi connectivity index (χ4v) is 1.17. The summed E-state index contributed by atoms with van der Waals surface area (Å²) in [6, 6.07) is 0. The summed E-state index contributed by atoms with van der Waals surface area (Å²) < 4.78 is 5.23. The molecule has 0 spiro atoms. The van der Waals surface area contributed by atoms with Crippen LogP contribution in [0.15, 0.2) is 10.7 Å². The van der Waals surface area contributed by atoms with E-state index in [0.29, 0.717) is 5.92 Å². The zero-order valence-electron chi connectivity index (χ0n) is 6.63. The molecule has 2 rings (SSSR count). The van der Waals surface area contributed by atoms with Crippen molar-refractivity contribution >= 4 is 0 Å². The Morgan fingerprint density at radius 2 is 2.55 bits per heavy atom. The zero-order valence-corrected chi connectivity index (χ0v) is 6.63. The monoisotopic (exact) mass is 152 g/mol. The van der Waals surface area contributed by atoms with Gasteiger partial charge in [-0.05, 0) is 0 Å². The smallest absolute Gasteiger partial charge is 0.193 e. The minimum atomic E-state index is 0.596. The number of nitrogens with zero attached hydrogens (tertiary/aromatic N) is 1. The van der Waals surface area contributed by atoms with Crippen LogP contribution < -0.4 is 5.32 Å². The van der Waals surface area contributed by atoms with Crippen LogP contribution in [0.25, 0.3) is 0 Å². The van der Waals surface area contributed by atoms with E-state index in [0.717, 1.165) is 31.1 Å². The molecule has 1 aromatic rings. The third-order valence-corrected chi connectivity index (χ3v) is 2.07. The number of aromatic nitrogens is 1. The van der Waals surface area contributed by atoms with E-state index in [-0.39, 0.29) is 0 Å². The lowest BCUT2D eigenvalue weighted by Crippen LogP contribution is -2.40. The van der Waals surface area contributed by atoms with E-state index >= 15 is 0 Å². The predicted molar refractivity (Wildman–Crippen MR) is 41.5 cm³/mol. The lowest BCUT2D eigenvalue weighted by atomic mass is 10.0. The maximum absolute atomic E-state index is 5.23. The predicted octanol–water partition coefficient (Wildman–Crippen LogP) is 0.924. The van der Waals surface area contributed by atoms with Crippen molar-refractivity contribution in [3.8, 4) is 0 Å². The molecule has 0 bridgehead atoms. The number of hydrogen-bond acceptors (Lipinski definition) is 3. The molecule has 1 aliphatic rings. The SMILES string of the molecule is CCc1nc(C2CNC2)co1. The molecular formula is C8H12N2O. The Morgan fingerprint density at radius 3 is 3.00 bits per heavy atom. The highest BCUT2D eigenvalue weighted by molar-refractivity contribution is 5.09. The van der Waals surface area contributed by atoms with Gasteiger partial charge in [-0.1, -0.05) is 6.92 Å². The van der Waals surface area contributed by atoms with Crippen molar-refractivity contribution < 1.29 is 4.42 Å². The van der Waals surface area contributed by atoms with Crippen LogP contribution >= 0.6 is 0 Å². The average Bonchev–Trinajstić information content (AvgIpc) is 2.32. The van der Waals surface area contributed by atoms with Gasteiger partial charge in [0.05, 0.1) is 5.69 Å². The van der Waals surface area contributed by atoms with E-state index in [4.69, 9.17) is 4.42 Å². The molecule has 0 atom stereocenters. The van der Waals surface area contributed by atoms with Crippen LogP contribution in [0.5, 0.6) is 0 Å². The highest BCUT2D eigenvalue weighted by atomic mass is 16.3. The van der Waals surface area contributed by atoms with Crippen molar-refractivity contribution in [2.45, 2.75) is 19.3 Å². The van der Waals surface area contributed by atoms with Crippen LogP contribution in [0.1, 0.15) is 24.4 Å². The second kappa shape index (κ2) is 2.66. The number of nitrogens with one attached hydrogen (secondary N) is 1. The van der Waals surface area contributed by atoms with Crippen molar-refractivity contribution in [2.24, 2.45) is 0 Å². The summed E-state index contributed by atoms with van der Waals surface area (Å²) in [5.41, 5.74) is 1.11. The van der Waals surface area contributed by atoms with Crippen molar-refractivity contribution in [1.82, 2.24) is 10.3 Å². The molecule has 3 nitrogen and oxygen atoms in total. The zero-order chi connectivity index (χ0) is 7.68. The normalized spacial score (nSPS) is 18.3. The van der Waals surface area contributed by atoms with Gasteiger partial charge < -0.3 is 9.73 Å². The van der Waals surface area contributed by atoms with Crippen LogP contribution in [0.4, 0.5) is 0 Å². The largest absolute Gasteiger partial charge is 0.449 e. The highest BCUT2D eigenvalue weighted by Crippen LogP contribution is 2.18. The summed E-state index contributed by atoms with van der Waals surface area (Å²) in [5.74, 6) is 1.45. The van der Waals surface area contributed by atoms with Crippen LogP contribution in [0.2, 0.25) is 0 Å². The van der Waals surface area contributed by atoms with E-state index in [1.54, 1.807) is 6.26 Å². The standard InChI is InChI=1S/C8H12N2O/c1-2-8-10-7(5-11-8)6-3-9-4-6/h5-6,9H,2-4H2,1H3.